The van der Waals surface area contributed by atoms with Gasteiger partial charge in [0.15, 0.2) is 0 Å². The monoisotopic (exact) mass is 278 g/mol. The molecule has 0 spiro atoms. The van der Waals surface area contributed by atoms with Crippen LogP contribution in [0.5, 0.6) is 0 Å². The van der Waals surface area contributed by atoms with Crippen molar-refractivity contribution in [2.45, 2.75) is 25.8 Å². The molecule has 1 atom stereocenters. The molecule has 0 radical (unpaired) electrons. The summed E-state index contributed by atoms with van der Waals surface area (Å²) in [6.07, 6.45) is 2.18. The molecule has 1 aliphatic rings. The first-order chi connectivity index (χ1) is 9.72. The molecule has 0 fully saturated rings. The second kappa shape index (κ2) is 7.62. The lowest BCUT2D eigenvalue weighted by molar-refractivity contribution is 0.0701. The van der Waals surface area contributed by atoms with Crippen LogP contribution >= 0.6 is 0 Å². The Kier molecular flexibility index (Phi) is 5.83. The molecule has 2 N–H and O–H groups in total. The molecule has 0 saturated heterocycles. The van der Waals surface area contributed by atoms with E-state index in [1.165, 1.54) is 16.8 Å². The summed E-state index contributed by atoms with van der Waals surface area (Å²) in [7, 11) is 1.70. The van der Waals surface area contributed by atoms with Crippen molar-refractivity contribution < 1.29 is 9.47 Å². The average Bonchev–Trinajstić information content (AvgIpc) is 2.85. The van der Waals surface area contributed by atoms with E-state index in [9.17, 15) is 0 Å². The fourth-order valence-electron chi connectivity index (χ4n) is 2.61. The summed E-state index contributed by atoms with van der Waals surface area (Å²) < 4.78 is 10.5. The summed E-state index contributed by atoms with van der Waals surface area (Å²) in [4.78, 5) is 2.44. The molecule has 0 bridgehead atoms. The van der Waals surface area contributed by atoms with Gasteiger partial charge in [-0.2, -0.15) is 0 Å². The zero-order valence-corrected chi connectivity index (χ0v) is 12.6. The fourth-order valence-corrected chi connectivity index (χ4v) is 2.61. The lowest BCUT2D eigenvalue weighted by atomic mass is 10.0. The van der Waals surface area contributed by atoms with E-state index in [-0.39, 0.29) is 6.04 Å². The van der Waals surface area contributed by atoms with E-state index in [1.54, 1.807) is 7.11 Å². The standard InChI is InChI=1S/C16H26N2O2/c1-13(17)14-4-5-16-15(12-14)6-8-18(16)7-3-9-20-11-10-19-2/h4-5,12-13H,3,6-11,17H2,1-2H3. The first-order valence-electron chi connectivity index (χ1n) is 7.42. The molecule has 1 unspecified atom stereocenters. The largest absolute Gasteiger partial charge is 0.382 e. The zero-order chi connectivity index (χ0) is 14.4. The van der Waals surface area contributed by atoms with Crippen molar-refractivity contribution in [2.75, 3.05) is 44.9 Å². The summed E-state index contributed by atoms with van der Waals surface area (Å²) in [5.41, 5.74) is 9.97. The second-order valence-corrected chi connectivity index (χ2v) is 5.37. The van der Waals surface area contributed by atoms with Gasteiger partial charge in [-0.05, 0) is 37.0 Å². The van der Waals surface area contributed by atoms with Crippen LogP contribution in [0.15, 0.2) is 18.2 Å². The number of nitrogens with two attached hydrogens (primary N) is 1. The third kappa shape index (κ3) is 3.95. The second-order valence-electron chi connectivity index (χ2n) is 5.37. The van der Waals surface area contributed by atoms with Crippen LogP contribution in [0.3, 0.4) is 0 Å². The van der Waals surface area contributed by atoms with Crippen molar-refractivity contribution in [1.82, 2.24) is 0 Å². The molecular weight excluding hydrogens is 252 g/mol. The Morgan fingerprint density at radius 1 is 1.30 bits per heavy atom. The number of methoxy groups -OCH3 is 1. The molecule has 1 aromatic carbocycles. The average molecular weight is 278 g/mol. The molecule has 112 valence electrons. The minimum Gasteiger partial charge on any atom is -0.382 e. The van der Waals surface area contributed by atoms with Gasteiger partial charge in [0.2, 0.25) is 0 Å². The first kappa shape index (κ1) is 15.3. The molecule has 20 heavy (non-hydrogen) atoms. The van der Waals surface area contributed by atoms with Crippen molar-refractivity contribution in [3.63, 3.8) is 0 Å². The van der Waals surface area contributed by atoms with Crippen LogP contribution in [-0.4, -0.2) is 40.0 Å². The fraction of sp³-hybridized carbons (Fsp3) is 0.625. The zero-order valence-electron chi connectivity index (χ0n) is 12.6. The number of hydrogen-bond acceptors (Lipinski definition) is 4. The molecule has 0 amide bonds. The Morgan fingerprint density at radius 2 is 2.15 bits per heavy atom. The topological polar surface area (TPSA) is 47.7 Å². The molecule has 0 aliphatic carbocycles. The van der Waals surface area contributed by atoms with Crippen molar-refractivity contribution in [3.8, 4) is 0 Å². The van der Waals surface area contributed by atoms with E-state index in [0.29, 0.717) is 13.2 Å². The number of hydrogen-bond donors (Lipinski definition) is 1. The van der Waals surface area contributed by atoms with E-state index in [2.05, 4.69) is 23.1 Å². The maximum Gasteiger partial charge on any atom is 0.0700 e. The predicted molar refractivity (Wildman–Crippen MR) is 82.3 cm³/mol. The Bertz CT molecular complexity index is 421. The highest BCUT2D eigenvalue weighted by molar-refractivity contribution is 5.59. The lowest BCUT2D eigenvalue weighted by Crippen LogP contribution is -2.23. The number of benzene rings is 1. The van der Waals surface area contributed by atoms with Crippen LogP contribution in [0.1, 0.15) is 30.5 Å². The van der Waals surface area contributed by atoms with Gasteiger partial charge in [0.05, 0.1) is 13.2 Å². The third-order valence-corrected chi connectivity index (χ3v) is 3.77. The minimum atomic E-state index is 0.114. The Labute approximate surface area is 121 Å². The summed E-state index contributed by atoms with van der Waals surface area (Å²) in [5.74, 6) is 0. The van der Waals surface area contributed by atoms with E-state index < -0.39 is 0 Å². The first-order valence-corrected chi connectivity index (χ1v) is 7.42. The van der Waals surface area contributed by atoms with Crippen LogP contribution in [0, 0.1) is 0 Å². The van der Waals surface area contributed by atoms with Gasteiger partial charge in [-0.25, -0.2) is 0 Å². The molecule has 2 rings (SSSR count). The molecule has 4 nitrogen and oxygen atoms in total. The van der Waals surface area contributed by atoms with Gasteiger partial charge in [-0.15, -0.1) is 0 Å². The normalized spacial score (nSPS) is 15.4. The van der Waals surface area contributed by atoms with Crippen molar-refractivity contribution in [1.29, 1.82) is 0 Å². The summed E-state index contributed by atoms with van der Waals surface area (Å²) in [6, 6.07) is 6.74. The van der Waals surface area contributed by atoms with Crippen LogP contribution in [0.2, 0.25) is 0 Å². The maximum atomic E-state index is 5.94. The molecule has 0 aromatic heterocycles. The smallest absolute Gasteiger partial charge is 0.0700 e. The Balaban J connectivity index is 1.80. The van der Waals surface area contributed by atoms with Gasteiger partial charge in [-0.3, -0.25) is 0 Å². The van der Waals surface area contributed by atoms with Crippen LogP contribution in [0.4, 0.5) is 5.69 Å². The Hall–Kier alpha value is -1.10. The number of ether oxygens (including phenoxy) is 2. The number of fused-ring (bicyclic) bond motifs is 1. The molecule has 4 heteroatoms. The van der Waals surface area contributed by atoms with E-state index in [0.717, 1.165) is 32.5 Å². The number of anilines is 1. The summed E-state index contributed by atoms with van der Waals surface area (Å²) in [5, 5.41) is 0. The molecule has 1 aliphatic heterocycles. The Morgan fingerprint density at radius 3 is 2.90 bits per heavy atom. The molecule has 1 heterocycles. The van der Waals surface area contributed by atoms with Crippen LogP contribution in [-0.2, 0) is 15.9 Å². The van der Waals surface area contributed by atoms with Gasteiger partial charge in [0, 0.05) is 38.5 Å². The van der Waals surface area contributed by atoms with Gasteiger partial charge in [0.1, 0.15) is 0 Å². The van der Waals surface area contributed by atoms with Gasteiger partial charge >= 0.3 is 0 Å². The quantitative estimate of drug-likeness (QED) is 0.740. The van der Waals surface area contributed by atoms with Crippen LogP contribution in [0.25, 0.3) is 0 Å². The third-order valence-electron chi connectivity index (χ3n) is 3.77. The van der Waals surface area contributed by atoms with Crippen molar-refractivity contribution in [2.24, 2.45) is 5.73 Å². The number of nitrogens with zero attached hydrogens (tertiary/aromatic N) is 1. The highest BCUT2D eigenvalue weighted by Crippen LogP contribution is 2.30. The van der Waals surface area contributed by atoms with E-state index in [1.807, 2.05) is 6.92 Å². The van der Waals surface area contributed by atoms with Gasteiger partial charge in [0.25, 0.3) is 0 Å². The van der Waals surface area contributed by atoms with Crippen LogP contribution < -0.4 is 10.6 Å². The molecule has 1 aromatic rings. The molecule has 0 saturated carbocycles. The maximum absolute atomic E-state index is 5.94. The SMILES string of the molecule is COCCOCCCN1CCc2cc(C(C)N)ccc21. The highest BCUT2D eigenvalue weighted by atomic mass is 16.5. The summed E-state index contributed by atoms with van der Waals surface area (Å²) >= 11 is 0. The van der Waals surface area contributed by atoms with Crippen molar-refractivity contribution >= 4 is 5.69 Å². The van der Waals surface area contributed by atoms with E-state index >= 15 is 0 Å². The summed E-state index contributed by atoms with van der Waals surface area (Å²) in [6.45, 7) is 6.35. The molecular formula is C16H26N2O2. The minimum absolute atomic E-state index is 0.114. The van der Waals surface area contributed by atoms with Gasteiger partial charge in [-0.1, -0.05) is 12.1 Å². The number of rotatable bonds is 8. The van der Waals surface area contributed by atoms with Gasteiger partial charge < -0.3 is 20.1 Å². The predicted octanol–water partition coefficient (Wildman–Crippen LogP) is 2.12. The highest BCUT2D eigenvalue weighted by Gasteiger charge is 2.19. The van der Waals surface area contributed by atoms with Crippen molar-refractivity contribution in [3.05, 3.63) is 29.3 Å². The lowest BCUT2D eigenvalue weighted by Gasteiger charge is -2.19. The van der Waals surface area contributed by atoms with E-state index in [4.69, 9.17) is 15.2 Å².